The van der Waals surface area contributed by atoms with Gasteiger partial charge >= 0.3 is 5.97 Å². The van der Waals surface area contributed by atoms with Crippen molar-refractivity contribution < 1.29 is 14.6 Å². The normalized spacial score (nSPS) is 11.3. The van der Waals surface area contributed by atoms with Gasteiger partial charge in [0.15, 0.2) is 6.61 Å². The third kappa shape index (κ3) is 5.99. The molecule has 0 amide bonds. The van der Waals surface area contributed by atoms with Gasteiger partial charge in [-0.2, -0.15) is 0 Å². The molecule has 0 bridgehead atoms. The van der Waals surface area contributed by atoms with Crippen molar-refractivity contribution in [3.63, 3.8) is 0 Å². The average molecular weight is 469 g/mol. The van der Waals surface area contributed by atoms with Gasteiger partial charge in [0, 0.05) is 15.1 Å². The molecule has 0 aliphatic rings. The van der Waals surface area contributed by atoms with Gasteiger partial charge in [0.05, 0.1) is 0 Å². The zero-order chi connectivity index (χ0) is 20.6. The molecule has 0 aromatic heterocycles. The molecule has 1 N–H and O–H groups in total. The van der Waals surface area contributed by atoms with Crippen molar-refractivity contribution in [1.29, 1.82) is 0 Å². The van der Waals surface area contributed by atoms with Crippen LogP contribution in [-0.2, 0) is 4.79 Å². The van der Waals surface area contributed by atoms with Gasteiger partial charge in [0.2, 0.25) is 0 Å². The van der Waals surface area contributed by atoms with E-state index in [4.69, 9.17) is 9.84 Å². The fourth-order valence-corrected chi connectivity index (χ4v) is 4.29. The molecule has 0 radical (unpaired) electrons. The second-order valence-electron chi connectivity index (χ2n) is 6.38. The summed E-state index contributed by atoms with van der Waals surface area (Å²) in [5.74, 6) is 0.400. The maximum atomic E-state index is 10.6. The summed E-state index contributed by atoms with van der Waals surface area (Å²) in [6.07, 6.45) is 2.24. The number of rotatable bonds is 8. The predicted octanol–water partition coefficient (Wildman–Crippen LogP) is 6.44. The van der Waals surface area contributed by atoms with Gasteiger partial charge in [-0.15, -0.1) is 11.8 Å². The summed E-state index contributed by atoms with van der Waals surface area (Å²) in [4.78, 5) is 11.8. The maximum Gasteiger partial charge on any atom is 0.341 e. The van der Waals surface area contributed by atoms with Crippen LogP contribution in [-0.4, -0.2) is 23.4 Å². The van der Waals surface area contributed by atoms with Crippen molar-refractivity contribution in [2.45, 2.75) is 11.8 Å². The molecule has 0 fully saturated rings. The lowest BCUT2D eigenvalue weighted by Gasteiger charge is -2.12. The van der Waals surface area contributed by atoms with E-state index in [0.717, 1.165) is 26.2 Å². The molecule has 3 nitrogen and oxygen atoms in total. The highest BCUT2D eigenvalue weighted by molar-refractivity contribution is 9.10. The molecule has 0 atom stereocenters. The number of carboxylic acid groups (broad SMARTS) is 1. The summed E-state index contributed by atoms with van der Waals surface area (Å²) in [5.41, 5.74) is 4.58. The Kier molecular flexibility index (Phi) is 7.55. The Morgan fingerprint density at radius 3 is 2.48 bits per heavy atom. The van der Waals surface area contributed by atoms with Gasteiger partial charge in [-0.3, -0.25) is 0 Å². The monoisotopic (exact) mass is 468 g/mol. The van der Waals surface area contributed by atoms with E-state index in [9.17, 15) is 4.79 Å². The standard InChI is InChI=1S/C24H21BrO3S/c1-17-15-19(28-16-24(26)27)11-12-23(17)29-14-13-20(18-7-3-2-4-8-18)21-9-5-6-10-22(21)25/h2-13,15H,14,16H2,1H3,(H,26,27)/b20-13-. The topological polar surface area (TPSA) is 46.5 Å². The van der Waals surface area contributed by atoms with Crippen molar-refractivity contribution in [2.75, 3.05) is 12.4 Å². The first-order valence-corrected chi connectivity index (χ1v) is 10.9. The van der Waals surface area contributed by atoms with Gasteiger partial charge < -0.3 is 9.84 Å². The van der Waals surface area contributed by atoms with E-state index in [1.165, 1.54) is 11.1 Å². The van der Waals surface area contributed by atoms with Crippen LogP contribution < -0.4 is 4.74 Å². The third-order valence-electron chi connectivity index (χ3n) is 4.28. The first kappa shape index (κ1) is 21.2. The molecule has 0 spiro atoms. The molecule has 5 heteroatoms. The highest BCUT2D eigenvalue weighted by atomic mass is 79.9. The minimum absolute atomic E-state index is 0.332. The molecular weight excluding hydrogens is 448 g/mol. The minimum atomic E-state index is -0.980. The molecule has 3 aromatic carbocycles. The average Bonchev–Trinajstić information content (AvgIpc) is 2.72. The number of aliphatic carboxylic acids is 1. The van der Waals surface area contributed by atoms with E-state index in [1.54, 1.807) is 11.8 Å². The fraction of sp³-hybridized carbons (Fsp3) is 0.125. The summed E-state index contributed by atoms with van der Waals surface area (Å²) in [6.45, 7) is 1.67. The van der Waals surface area contributed by atoms with Crippen LogP contribution in [0.1, 0.15) is 16.7 Å². The van der Waals surface area contributed by atoms with Crippen molar-refractivity contribution in [1.82, 2.24) is 0 Å². The zero-order valence-electron chi connectivity index (χ0n) is 16.0. The van der Waals surface area contributed by atoms with Crippen LogP contribution in [0.3, 0.4) is 0 Å². The molecule has 0 saturated carbocycles. The molecule has 3 aromatic rings. The number of carbonyl (C=O) groups is 1. The SMILES string of the molecule is Cc1cc(OCC(=O)O)ccc1SC/C=C(/c1ccccc1)c1ccccc1Br. The highest BCUT2D eigenvalue weighted by Gasteiger charge is 2.09. The highest BCUT2D eigenvalue weighted by Crippen LogP contribution is 2.32. The molecule has 29 heavy (non-hydrogen) atoms. The van der Waals surface area contributed by atoms with E-state index in [1.807, 2.05) is 55.5 Å². The minimum Gasteiger partial charge on any atom is -0.482 e. The molecule has 3 rings (SSSR count). The number of benzene rings is 3. The fourth-order valence-electron chi connectivity index (χ4n) is 2.91. The number of thioether (sulfide) groups is 1. The summed E-state index contributed by atoms with van der Waals surface area (Å²) in [6, 6.07) is 24.3. The Morgan fingerprint density at radius 2 is 1.79 bits per heavy atom. The number of ether oxygens (including phenoxy) is 1. The molecule has 0 saturated heterocycles. The zero-order valence-corrected chi connectivity index (χ0v) is 18.4. The second-order valence-corrected chi connectivity index (χ2v) is 8.30. The Morgan fingerprint density at radius 1 is 1.07 bits per heavy atom. The summed E-state index contributed by atoms with van der Waals surface area (Å²) < 4.78 is 6.31. The quantitative estimate of drug-likeness (QED) is 0.386. The lowest BCUT2D eigenvalue weighted by Crippen LogP contribution is -2.09. The smallest absolute Gasteiger partial charge is 0.341 e. The van der Waals surface area contributed by atoms with Gasteiger partial charge in [-0.25, -0.2) is 4.79 Å². The summed E-state index contributed by atoms with van der Waals surface area (Å²) >= 11 is 5.41. The van der Waals surface area contributed by atoms with Crippen LogP contribution in [0.25, 0.3) is 5.57 Å². The Hall–Kier alpha value is -2.50. The van der Waals surface area contributed by atoms with E-state index >= 15 is 0 Å². The van der Waals surface area contributed by atoms with Gasteiger partial charge in [0.25, 0.3) is 0 Å². The van der Waals surface area contributed by atoms with Crippen molar-refractivity contribution >= 4 is 39.2 Å². The van der Waals surface area contributed by atoms with Crippen LogP contribution >= 0.6 is 27.7 Å². The molecule has 0 heterocycles. The molecular formula is C24H21BrO3S. The lowest BCUT2D eigenvalue weighted by molar-refractivity contribution is -0.139. The summed E-state index contributed by atoms with van der Waals surface area (Å²) in [5, 5.41) is 8.74. The Balaban J connectivity index is 1.78. The van der Waals surface area contributed by atoms with Crippen LogP contribution in [0.15, 0.2) is 88.2 Å². The van der Waals surface area contributed by atoms with E-state index < -0.39 is 5.97 Å². The van der Waals surface area contributed by atoms with Gasteiger partial charge in [-0.1, -0.05) is 70.5 Å². The number of carboxylic acids is 1. The van der Waals surface area contributed by atoms with Crippen LogP contribution in [0.2, 0.25) is 0 Å². The number of aryl methyl sites for hydroxylation is 1. The molecule has 148 valence electrons. The maximum absolute atomic E-state index is 10.6. The number of halogens is 1. The lowest BCUT2D eigenvalue weighted by atomic mass is 9.98. The van der Waals surface area contributed by atoms with E-state index in [2.05, 4.69) is 46.3 Å². The third-order valence-corrected chi connectivity index (χ3v) is 6.08. The van der Waals surface area contributed by atoms with E-state index in [-0.39, 0.29) is 6.61 Å². The largest absolute Gasteiger partial charge is 0.482 e. The van der Waals surface area contributed by atoms with Crippen LogP contribution in [0.4, 0.5) is 0 Å². The molecule has 0 unspecified atom stereocenters. The van der Waals surface area contributed by atoms with Gasteiger partial charge in [0.1, 0.15) is 5.75 Å². The van der Waals surface area contributed by atoms with Gasteiger partial charge in [-0.05, 0) is 53.5 Å². The molecule has 0 aliphatic heterocycles. The first-order valence-electron chi connectivity index (χ1n) is 9.13. The summed E-state index contributed by atoms with van der Waals surface area (Å²) in [7, 11) is 0. The molecule has 0 aliphatic carbocycles. The van der Waals surface area contributed by atoms with Crippen LogP contribution in [0.5, 0.6) is 5.75 Å². The van der Waals surface area contributed by atoms with Crippen molar-refractivity contribution in [3.8, 4) is 5.75 Å². The van der Waals surface area contributed by atoms with E-state index in [0.29, 0.717) is 5.75 Å². The number of hydrogen-bond acceptors (Lipinski definition) is 3. The number of hydrogen-bond donors (Lipinski definition) is 1. The predicted molar refractivity (Wildman–Crippen MR) is 123 cm³/mol. The van der Waals surface area contributed by atoms with Crippen LogP contribution in [0, 0.1) is 6.92 Å². The van der Waals surface area contributed by atoms with Crippen molar-refractivity contribution in [2.24, 2.45) is 0 Å². The first-order chi connectivity index (χ1) is 14.0. The second kappa shape index (κ2) is 10.3. The Labute approximate surface area is 183 Å². The van der Waals surface area contributed by atoms with Crippen molar-refractivity contribution in [3.05, 3.63) is 100 Å². The Bertz CT molecular complexity index is 1020.